The van der Waals surface area contributed by atoms with Crippen molar-refractivity contribution in [3.63, 3.8) is 0 Å². The second kappa shape index (κ2) is 13.1. The van der Waals surface area contributed by atoms with Crippen molar-refractivity contribution in [3.8, 4) is 22.5 Å². The smallest absolute Gasteiger partial charge is 0.252 e. The number of hydrogen-bond acceptors (Lipinski definition) is 10. The largest absolute Gasteiger partial charge is 0.342 e. The summed E-state index contributed by atoms with van der Waals surface area (Å²) in [6.45, 7) is 0. The number of nitrogens with zero attached hydrogens (tertiary/aromatic N) is 4. The first kappa shape index (κ1) is 27.8. The number of hydrogen-bond donors (Lipinski definition) is 4. The number of rotatable bonds is 11. The molecule has 6 aromatic rings. The van der Waals surface area contributed by atoms with Crippen molar-refractivity contribution in [2.24, 2.45) is 0 Å². The van der Waals surface area contributed by atoms with Crippen molar-refractivity contribution < 1.29 is 18.8 Å². The highest BCUT2D eigenvalue weighted by Gasteiger charge is 2.30. The van der Waals surface area contributed by atoms with E-state index in [9.17, 15) is 9.59 Å². The zero-order valence-corrected chi connectivity index (χ0v) is 23.1. The van der Waals surface area contributed by atoms with E-state index >= 15 is 0 Å². The second-order valence-corrected chi connectivity index (χ2v) is 9.58. The lowest BCUT2D eigenvalue weighted by Gasteiger charge is -2.30. The van der Waals surface area contributed by atoms with E-state index in [-0.39, 0.29) is 11.6 Å². The summed E-state index contributed by atoms with van der Waals surface area (Å²) in [6, 6.07) is 36.0. The van der Waals surface area contributed by atoms with Gasteiger partial charge in [-0.25, -0.2) is 9.26 Å². The van der Waals surface area contributed by atoms with Crippen molar-refractivity contribution in [2.75, 3.05) is 10.6 Å². The number of amides is 2. The predicted octanol–water partition coefficient (Wildman–Crippen LogP) is 4.82. The molecular weight excluding hydrogens is 560 g/mol. The van der Waals surface area contributed by atoms with Crippen LogP contribution in [0, 0.1) is 0 Å². The molecule has 2 amide bonds. The fourth-order valence-electron chi connectivity index (χ4n) is 4.47. The molecule has 0 aliphatic rings. The molecule has 0 aliphatic heterocycles. The Labute approximate surface area is 251 Å². The quantitative estimate of drug-likeness (QED) is 0.155. The maximum Gasteiger partial charge on any atom is 0.252 e. The molecule has 12 heteroatoms. The average molecular weight is 587 g/mol. The van der Waals surface area contributed by atoms with Gasteiger partial charge in [-0.05, 0) is 44.9 Å². The molecule has 0 radical (unpaired) electrons. The summed E-state index contributed by atoms with van der Waals surface area (Å²) < 4.78 is 10.2. The monoisotopic (exact) mass is 586 g/mol. The Kier molecular flexibility index (Phi) is 8.31. The number of carbonyl (C=O) groups excluding carboxylic acids is 2. The van der Waals surface area contributed by atoms with E-state index in [1.807, 2.05) is 72.8 Å². The lowest BCUT2D eigenvalue weighted by molar-refractivity contribution is 0.0895. The SMILES string of the molecule is O=C(NC(Nc1nonc1-c1ccccc1)C(NC(=O)c1ccccc1)Nc1nonc1-c1ccccc1)c1ccccc1. The van der Waals surface area contributed by atoms with Gasteiger partial charge in [0.15, 0.2) is 11.4 Å². The van der Waals surface area contributed by atoms with E-state index in [2.05, 4.69) is 41.9 Å². The van der Waals surface area contributed by atoms with Gasteiger partial charge in [0.1, 0.15) is 12.3 Å². The van der Waals surface area contributed by atoms with Crippen LogP contribution in [0.1, 0.15) is 20.7 Å². The summed E-state index contributed by atoms with van der Waals surface area (Å²) in [7, 11) is 0. The Morgan fingerprint density at radius 3 is 1.18 bits per heavy atom. The first-order valence-corrected chi connectivity index (χ1v) is 13.7. The molecule has 0 fully saturated rings. The van der Waals surface area contributed by atoms with Gasteiger partial charge in [-0.1, -0.05) is 97.1 Å². The van der Waals surface area contributed by atoms with Gasteiger partial charge in [0.05, 0.1) is 0 Å². The minimum Gasteiger partial charge on any atom is -0.342 e. The van der Waals surface area contributed by atoms with Gasteiger partial charge in [0.25, 0.3) is 11.8 Å². The molecule has 12 nitrogen and oxygen atoms in total. The van der Waals surface area contributed by atoms with E-state index in [4.69, 9.17) is 9.26 Å². The van der Waals surface area contributed by atoms with E-state index in [1.54, 1.807) is 48.5 Å². The van der Waals surface area contributed by atoms with Crippen LogP contribution in [0.2, 0.25) is 0 Å². The number of aromatic nitrogens is 4. The molecule has 218 valence electrons. The Bertz CT molecular complexity index is 1680. The van der Waals surface area contributed by atoms with Crippen LogP contribution in [0.5, 0.6) is 0 Å². The number of carbonyl (C=O) groups is 2. The third-order valence-corrected chi connectivity index (χ3v) is 6.63. The van der Waals surface area contributed by atoms with Crippen LogP contribution in [0.3, 0.4) is 0 Å². The highest BCUT2D eigenvalue weighted by molar-refractivity contribution is 5.96. The van der Waals surface area contributed by atoms with Crippen molar-refractivity contribution in [1.82, 2.24) is 31.3 Å². The first-order chi connectivity index (χ1) is 21.7. The number of anilines is 2. The standard InChI is InChI=1S/C32H26N8O4/c41-31(23-17-9-3-10-18-23)35-29(33-27-25(37-43-39-27)21-13-5-1-6-14-21)30(36-32(42)24-19-11-4-12-20-24)34-28-26(38-44-40-28)22-15-7-2-8-16-22/h1-20,29-30H,(H,33,39)(H,34,40)(H,35,41)(H,36,42). The normalized spacial score (nSPS) is 12.1. The van der Waals surface area contributed by atoms with E-state index < -0.39 is 24.1 Å². The molecule has 0 bridgehead atoms. The van der Waals surface area contributed by atoms with Crippen molar-refractivity contribution in [2.45, 2.75) is 12.3 Å². The summed E-state index contributed by atoms with van der Waals surface area (Å²) in [5.74, 6) is -0.361. The van der Waals surface area contributed by atoms with Gasteiger partial charge < -0.3 is 21.3 Å². The minimum atomic E-state index is -1.04. The minimum absolute atomic E-state index is 0.233. The molecule has 0 spiro atoms. The van der Waals surface area contributed by atoms with Crippen LogP contribution in [-0.2, 0) is 0 Å². The van der Waals surface area contributed by atoms with Crippen LogP contribution in [-0.4, -0.2) is 44.8 Å². The topological polar surface area (TPSA) is 160 Å². The molecule has 6 rings (SSSR count). The van der Waals surface area contributed by atoms with Gasteiger partial charge >= 0.3 is 0 Å². The van der Waals surface area contributed by atoms with E-state index in [0.717, 1.165) is 11.1 Å². The third kappa shape index (κ3) is 6.44. The van der Waals surface area contributed by atoms with Crippen molar-refractivity contribution in [3.05, 3.63) is 132 Å². The highest BCUT2D eigenvalue weighted by Crippen LogP contribution is 2.27. The Hall–Kier alpha value is -6.30. The summed E-state index contributed by atoms with van der Waals surface area (Å²) in [5.41, 5.74) is 3.09. The van der Waals surface area contributed by atoms with Gasteiger partial charge in [-0.3, -0.25) is 9.59 Å². The Morgan fingerprint density at radius 2 is 0.818 bits per heavy atom. The van der Waals surface area contributed by atoms with Gasteiger partial charge in [0, 0.05) is 22.3 Å². The van der Waals surface area contributed by atoms with Crippen LogP contribution in [0.25, 0.3) is 22.5 Å². The molecule has 0 saturated heterocycles. The molecule has 2 unspecified atom stereocenters. The second-order valence-electron chi connectivity index (χ2n) is 9.58. The van der Waals surface area contributed by atoms with E-state index in [0.29, 0.717) is 22.5 Å². The van der Waals surface area contributed by atoms with Gasteiger partial charge in [-0.2, -0.15) is 0 Å². The molecule has 4 aromatic carbocycles. The zero-order chi connectivity index (χ0) is 30.1. The summed E-state index contributed by atoms with van der Waals surface area (Å²) >= 11 is 0. The molecule has 2 heterocycles. The summed E-state index contributed by atoms with van der Waals surface area (Å²) in [6.07, 6.45) is -2.07. The molecule has 44 heavy (non-hydrogen) atoms. The lowest BCUT2D eigenvalue weighted by atomic mass is 10.1. The van der Waals surface area contributed by atoms with Gasteiger partial charge in [0.2, 0.25) is 11.6 Å². The van der Waals surface area contributed by atoms with Crippen molar-refractivity contribution in [1.29, 1.82) is 0 Å². The molecule has 2 atom stereocenters. The fraction of sp³-hybridized carbons (Fsp3) is 0.0625. The predicted molar refractivity (Wildman–Crippen MR) is 162 cm³/mol. The zero-order valence-electron chi connectivity index (χ0n) is 23.1. The molecule has 0 aliphatic carbocycles. The Balaban J connectivity index is 1.39. The third-order valence-electron chi connectivity index (χ3n) is 6.63. The first-order valence-electron chi connectivity index (χ1n) is 13.7. The van der Waals surface area contributed by atoms with Crippen molar-refractivity contribution >= 4 is 23.5 Å². The number of nitrogens with one attached hydrogen (secondary N) is 4. The molecular formula is C32H26N8O4. The van der Waals surface area contributed by atoms with Crippen LogP contribution < -0.4 is 21.3 Å². The molecule has 2 aromatic heterocycles. The maximum atomic E-state index is 13.5. The summed E-state index contributed by atoms with van der Waals surface area (Å²) in [5, 5.41) is 28.6. The van der Waals surface area contributed by atoms with Crippen LogP contribution in [0.4, 0.5) is 11.6 Å². The Morgan fingerprint density at radius 1 is 0.477 bits per heavy atom. The molecule has 0 saturated carbocycles. The van der Waals surface area contributed by atoms with Crippen LogP contribution in [0.15, 0.2) is 131 Å². The number of benzene rings is 4. The van der Waals surface area contributed by atoms with Crippen LogP contribution >= 0.6 is 0 Å². The fourth-order valence-corrected chi connectivity index (χ4v) is 4.47. The average Bonchev–Trinajstić information content (AvgIpc) is 3.75. The highest BCUT2D eigenvalue weighted by atomic mass is 16.6. The van der Waals surface area contributed by atoms with Gasteiger partial charge in [-0.15, -0.1) is 0 Å². The molecule has 4 N–H and O–H groups in total. The van der Waals surface area contributed by atoms with E-state index in [1.165, 1.54) is 0 Å². The summed E-state index contributed by atoms with van der Waals surface area (Å²) in [4.78, 5) is 27.0. The lowest BCUT2D eigenvalue weighted by Crippen LogP contribution is -2.59. The maximum absolute atomic E-state index is 13.5.